The van der Waals surface area contributed by atoms with E-state index in [9.17, 15) is 4.79 Å². The quantitative estimate of drug-likeness (QED) is 0.779. The smallest absolute Gasteiger partial charge is 0.220 e. The summed E-state index contributed by atoms with van der Waals surface area (Å²) >= 11 is 0. The highest BCUT2D eigenvalue weighted by Gasteiger charge is 2.08. The first kappa shape index (κ1) is 14.7. The molecule has 0 aromatic heterocycles. The zero-order valence-electron chi connectivity index (χ0n) is 11.4. The van der Waals surface area contributed by atoms with E-state index in [0.717, 1.165) is 18.4 Å². The molecule has 1 amide bonds. The van der Waals surface area contributed by atoms with Crippen molar-refractivity contribution in [3.05, 3.63) is 35.9 Å². The molecule has 2 atom stereocenters. The Morgan fingerprint density at radius 1 is 1.33 bits per heavy atom. The van der Waals surface area contributed by atoms with Crippen molar-refractivity contribution in [2.24, 2.45) is 11.7 Å². The number of nitrogens with one attached hydrogen (secondary N) is 1. The fourth-order valence-corrected chi connectivity index (χ4v) is 1.77. The molecule has 3 N–H and O–H groups in total. The molecule has 3 nitrogen and oxygen atoms in total. The zero-order valence-corrected chi connectivity index (χ0v) is 11.4. The molecule has 0 fully saturated rings. The normalized spacial score (nSPS) is 13.9. The van der Waals surface area contributed by atoms with E-state index in [4.69, 9.17) is 5.73 Å². The van der Waals surface area contributed by atoms with Crippen LogP contribution < -0.4 is 11.1 Å². The molecular weight excluding hydrogens is 224 g/mol. The predicted molar refractivity (Wildman–Crippen MR) is 75.1 cm³/mol. The van der Waals surface area contributed by atoms with Crippen LogP contribution in [0.25, 0.3) is 0 Å². The van der Waals surface area contributed by atoms with Crippen LogP contribution in [0.3, 0.4) is 0 Å². The Bertz CT molecular complexity index is 351. The van der Waals surface area contributed by atoms with Gasteiger partial charge in [0.25, 0.3) is 0 Å². The van der Waals surface area contributed by atoms with Gasteiger partial charge in [-0.25, -0.2) is 0 Å². The fourth-order valence-electron chi connectivity index (χ4n) is 1.77. The van der Waals surface area contributed by atoms with E-state index in [1.54, 1.807) is 0 Å². The second-order valence-corrected chi connectivity index (χ2v) is 4.87. The second-order valence-electron chi connectivity index (χ2n) is 4.87. The number of carbonyl (C=O) groups excluding carboxylic acids is 1. The third kappa shape index (κ3) is 5.32. The van der Waals surface area contributed by atoms with E-state index in [1.165, 1.54) is 0 Å². The van der Waals surface area contributed by atoms with Crippen molar-refractivity contribution in [1.82, 2.24) is 5.32 Å². The molecule has 0 aliphatic rings. The van der Waals surface area contributed by atoms with Gasteiger partial charge in [0.05, 0.1) is 0 Å². The highest BCUT2D eigenvalue weighted by atomic mass is 16.1. The van der Waals surface area contributed by atoms with Crippen LogP contribution >= 0.6 is 0 Å². The van der Waals surface area contributed by atoms with Crippen molar-refractivity contribution in [2.45, 2.75) is 39.2 Å². The van der Waals surface area contributed by atoms with Crippen molar-refractivity contribution >= 4 is 5.91 Å². The molecule has 0 bridgehead atoms. The SMILES string of the molecule is CCC(C)CC(=O)NCCC(N)c1ccccc1. The summed E-state index contributed by atoms with van der Waals surface area (Å²) in [6.07, 6.45) is 2.42. The number of carbonyl (C=O) groups is 1. The summed E-state index contributed by atoms with van der Waals surface area (Å²) < 4.78 is 0. The van der Waals surface area contributed by atoms with E-state index in [2.05, 4.69) is 19.2 Å². The van der Waals surface area contributed by atoms with Crippen LogP contribution in [0.5, 0.6) is 0 Å². The molecule has 3 heteroatoms. The minimum absolute atomic E-state index is 0.00454. The highest BCUT2D eigenvalue weighted by Crippen LogP contribution is 2.12. The summed E-state index contributed by atoms with van der Waals surface area (Å²) in [6, 6.07) is 9.98. The van der Waals surface area contributed by atoms with Crippen LogP contribution in [0.2, 0.25) is 0 Å². The second kappa shape index (κ2) is 7.88. The van der Waals surface area contributed by atoms with E-state index < -0.39 is 0 Å². The maximum atomic E-state index is 11.6. The summed E-state index contributed by atoms with van der Waals surface area (Å²) in [7, 11) is 0. The molecule has 0 heterocycles. The molecule has 0 spiro atoms. The number of hydrogen-bond donors (Lipinski definition) is 2. The number of benzene rings is 1. The van der Waals surface area contributed by atoms with Gasteiger partial charge in [0.2, 0.25) is 5.91 Å². The van der Waals surface area contributed by atoms with Crippen LogP contribution in [0, 0.1) is 5.92 Å². The topological polar surface area (TPSA) is 55.1 Å². The lowest BCUT2D eigenvalue weighted by Gasteiger charge is -2.13. The van der Waals surface area contributed by atoms with Crippen LogP contribution in [0.15, 0.2) is 30.3 Å². The Labute approximate surface area is 110 Å². The zero-order chi connectivity index (χ0) is 13.4. The minimum atomic E-state index is -0.00454. The molecular formula is C15H24N2O. The lowest BCUT2D eigenvalue weighted by atomic mass is 10.0. The Morgan fingerprint density at radius 2 is 2.00 bits per heavy atom. The average molecular weight is 248 g/mol. The number of rotatable bonds is 7. The third-order valence-electron chi connectivity index (χ3n) is 3.24. The first-order valence-corrected chi connectivity index (χ1v) is 6.70. The van der Waals surface area contributed by atoms with Gasteiger partial charge in [-0.2, -0.15) is 0 Å². The van der Waals surface area contributed by atoms with Gasteiger partial charge in [-0.1, -0.05) is 50.6 Å². The molecule has 0 aliphatic carbocycles. The molecule has 1 aromatic carbocycles. The van der Waals surface area contributed by atoms with E-state index >= 15 is 0 Å². The highest BCUT2D eigenvalue weighted by molar-refractivity contribution is 5.76. The van der Waals surface area contributed by atoms with E-state index in [-0.39, 0.29) is 11.9 Å². The van der Waals surface area contributed by atoms with Crippen LogP contribution in [0.1, 0.15) is 44.7 Å². The molecule has 0 aliphatic heterocycles. The van der Waals surface area contributed by atoms with Crippen LogP contribution in [-0.4, -0.2) is 12.5 Å². The molecule has 1 aromatic rings. The molecule has 0 saturated carbocycles. The fraction of sp³-hybridized carbons (Fsp3) is 0.533. The molecule has 0 radical (unpaired) electrons. The van der Waals surface area contributed by atoms with Crippen molar-refractivity contribution in [3.63, 3.8) is 0 Å². The number of hydrogen-bond acceptors (Lipinski definition) is 2. The summed E-state index contributed by atoms with van der Waals surface area (Å²) in [5, 5.41) is 2.93. The largest absolute Gasteiger partial charge is 0.356 e. The molecule has 1 rings (SSSR count). The first-order valence-electron chi connectivity index (χ1n) is 6.70. The maximum absolute atomic E-state index is 11.6. The van der Waals surface area contributed by atoms with Crippen LogP contribution in [0.4, 0.5) is 0 Å². The molecule has 2 unspecified atom stereocenters. The first-order chi connectivity index (χ1) is 8.63. The van der Waals surface area contributed by atoms with Crippen molar-refractivity contribution in [3.8, 4) is 0 Å². The van der Waals surface area contributed by atoms with E-state index in [1.807, 2.05) is 30.3 Å². The summed E-state index contributed by atoms with van der Waals surface area (Å²) in [5.74, 6) is 0.581. The van der Waals surface area contributed by atoms with Gasteiger partial charge < -0.3 is 11.1 Å². The molecule has 0 saturated heterocycles. The minimum Gasteiger partial charge on any atom is -0.356 e. The van der Waals surface area contributed by atoms with Crippen molar-refractivity contribution < 1.29 is 4.79 Å². The van der Waals surface area contributed by atoms with Gasteiger partial charge in [0.15, 0.2) is 0 Å². The van der Waals surface area contributed by atoms with Gasteiger partial charge in [-0.05, 0) is 17.9 Å². The van der Waals surface area contributed by atoms with E-state index in [0.29, 0.717) is 18.9 Å². The lowest BCUT2D eigenvalue weighted by molar-refractivity contribution is -0.121. The van der Waals surface area contributed by atoms with Gasteiger partial charge in [0, 0.05) is 19.0 Å². The Balaban J connectivity index is 2.23. The van der Waals surface area contributed by atoms with Crippen molar-refractivity contribution in [1.29, 1.82) is 0 Å². The Kier molecular flexibility index (Phi) is 6.44. The third-order valence-corrected chi connectivity index (χ3v) is 3.24. The standard InChI is InChI=1S/C15H24N2O/c1-3-12(2)11-15(18)17-10-9-14(16)13-7-5-4-6-8-13/h4-8,12,14H,3,9-11,16H2,1-2H3,(H,17,18). The summed E-state index contributed by atoms with van der Waals surface area (Å²) in [5.41, 5.74) is 7.18. The maximum Gasteiger partial charge on any atom is 0.220 e. The van der Waals surface area contributed by atoms with Gasteiger partial charge in [0.1, 0.15) is 0 Å². The predicted octanol–water partition coefficient (Wildman–Crippen LogP) is 2.63. The number of nitrogens with two attached hydrogens (primary N) is 1. The monoisotopic (exact) mass is 248 g/mol. The van der Waals surface area contributed by atoms with Gasteiger partial charge in [-0.15, -0.1) is 0 Å². The Morgan fingerprint density at radius 3 is 2.61 bits per heavy atom. The average Bonchev–Trinajstić information content (AvgIpc) is 2.39. The van der Waals surface area contributed by atoms with Crippen molar-refractivity contribution in [2.75, 3.05) is 6.54 Å². The summed E-state index contributed by atoms with van der Waals surface area (Å²) in [6.45, 7) is 4.84. The van der Waals surface area contributed by atoms with Gasteiger partial charge >= 0.3 is 0 Å². The molecule has 100 valence electrons. The summed E-state index contributed by atoms with van der Waals surface area (Å²) in [4.78, 5) is 11.6. The van der Waals surface area contributed by atoms with Crippen LogP contribution in [-0.2, 0) is 4.79 Å². The Hall–Kier alpha value is -1.35. The van der Waals surface area contributed by atoms with Gasteiger partial charge in [-0.3, -0.25) is 4.79 Å². The molecule has 18 heavy (non-hydrogen) atoms. The number of amides is 1. The lowest BCUT2D eigenvalue weighted by Crippen LogP contribution is -2.28.